The van der Waals surface area contributed by atoms with Crippen LogP contribution in [0.2, 0.25) is 0 Å². The molecule has 0 radical (unpaired) electrons. The molecule has 2 rings (SSSR count). The molecule has 0 saturated carbocycles. The van der Waals surface area contributed by atoms with Crippen LogP contribution in [0.4, 0.5) is 0 Å². The molecule has 0 aliphatic heterocycles. The van der Waals surface area contributed by atoms with Crippen molar-refractivity contribution in [3.8, 4) is 0 Å². The number of furan rings is 1. The molecule has 4 nitrogen and oxygen atoms in total. The van der Waals surface area contributed by atoms with Gasteiger partial charge in [0.05, 0.1) is 12.2 Å². The first-order chi connectivity index (χ1) is 10.0. The topological polar surface area (TPSA) is 41.3 Å². The zero-order chi connectivity index (χ0) is 15.2. The number of pyridine rings is 1. The number of rotatable bonds is 7. The highest BCUT2D eigenvalue weighted by Gasteiger charge is 2.10. The van der Waals surface area contributed by atoms with Crippen molar-refractivity contribution < 1.29 is 4.42 Å². The quantitative estimate of drug-likeness (QED) is 0.849. The van der Waals surface area contributed by atoms with Crippen molar-refractivity contribution in [2.45, 2.75) is 46.4 Å². The van der Waals surface area contributed by atoms with Crippen molar-refractivity contribution in [2.75, 3.05) is 7.05 Å². The zero-order valence-electron chi connectivity index (χ0n) is 13.4. The molecule has 0 unspecified atom stereocenters. The first-order valence-corrected chi connectivity index (χ1v) is 7.44. The van der Waals surface area contributed by atoms with Crippen molar-refractivity contribution in [3.63, 3.8) is 0 Å². The van der Waals surface area contributed by atoms with Crippen LogP contribution in [0.15, 0.2) is 34.9 Å². The van der Waals surface area contributed by atoms with E-state index in [0.717, 1.165) is 36.8 Å². The standard InChI is InChI=1S/C17H25N3O/c1-13(2)19-10-17-9-15(14(3)21-17)11-20(4)12-16-7-5-6-8-18-16/h5-9,13,19H,10-12H2,1-4H3. The lowest BCUT2D eigenvalue weighted by Crippen LogP contribution is -2.21. The summed E-state index contributed by atoms with van der Waals surface area (Å²) in [7, 11) is 2.10. The van der Waals surface area contributed by atoms with Crippen LogP contribution in [0.25, 0.3) is 0 Å². The van der Waals surface area contributed by atoms with E-state index in [1.54, 1.807) is 0 Å². The monoisotopic (exact) mass is 287 g/mol. The lowest BCUT2D eigenvalue weighted by molar-refractivity contribution is 0.312. The van der Waals surface area contributed by atoms with Gasteiger partial charge >= 0.3 is 0 Å². The van der Waals surface area contributed by atoms with E-state index >= 15 is 0 Å². The molecule has 0 spiro atoms. The van der Waals surface area contributed by atoms with Gasteiger partial charge in [0, 0.05) is 30.9 Å². The van der Waals surface area contributed by atoms with Gasteiger partial charge in [0.1, 0.15) is 11.5 Å². The maximum atomic E-state index is 5.81. The Morgan fingerprint density at radius 3 is 2.76 bits per heavy atom. The Bertz CT molecular complexity index is 548. The fraction of sp³-hybridized carbons (Fsp3) is 0.471. The Hall–Kier alpha value is -1.65. The smallest absolute Gasteiger partial charge is 0.118 e. The van der Waals surface area contributed by atoms with Crippen LogP contribution >= 0.6 is 0 Å². The third-order valence-electron chi connectivity index (χ3n) is 3.35. The Balaban J connectivity index is 1.92. The molecule has 0 aromatic carbocycles. The number of hydrogen-bond donors (Lipinski definition) is 1. The fourth-order valence-electron chi connectivity index (χ4n) is 2.25. The summed E-state index contributed by atoms with van der Waals surface area (Å²) in [6, 6.07) is 8.63. The summed E-state index contributed by atoms with van der Waals surface area (Å²) >= 11 is 0. The Labute approximate surface area is 127 Å². The van der Waals surface area contributed by atoms with E-state index in [4.69, 9.17) is 4.42 Å². The molecule has 1 N–H and O–H groups in total. The molecular formula is C17H25N3O. The van der Waals surface area contributed by atoms with Gasteiger partial charge in [0.25, 0.3) is 0 Å². The number of aromatic nitrogens is 1. The molecule has 2 aromatic heterocycles. The van der Waals surface area contributed by atoms with E-state index in [9.17, 15) is 0 Å². The van der Waals surface area contributed by atoms with Crippen molar-refractivity contribution in [3.05, 3.63) is 53.2 Å². The molecule has 0 atom stereocenters. The molecule has 21 heavy (non-hydrogen) atoms. The summed E-state index contributed by atoms with van der Waals surface area (Å²) in [5.74, 6) is 2.01. The van der Waals surface area contributed by atoms with E-state index in [1.807, 2.05) is 25.3 Å². The molecule has 2 aromatic rings. The van der Waals surface area contributed by atoms with Crippen LogP contribution in [0.5, 0.6) is 0 Å². The maximum Gasteiger partial charge on any atom is 0.118 e. The molecule has 114 valence electrons. The van der Waals surface area contributed by atoms with E-state index in [0.29, 0.717) is 6.04 Å². The lowest BCUT2D eigenvalue weighted by Gasteiger charge is -2.15. The van der Waals surface area contributed by atoms with Gasteiger partial charge in [0.15, 0.2) is 0 Å². The van der Waals surface area contributed by atoms with Gasteiger partial charge in [-0.05, 0) is 32.2 Å². The third kappa shape index (κ3) is 4.99. The van der Waals surface area contributed by atoms with Gasteiger partial charge in [-0.1, -0.05) is 19.9 Å². The van der Waals surface area contributed by atoms with E-state index in [1.165, 1.54) is 5.56 Å². The molecule has 0 fully saturated rings. The van der Waals surface area contributed by atoms with Crippen LogP contribution in [-0.2, 0) is 19.6 Å². The summed E-state index contributed by atoms with van der Waals surface area (Å²) in [4.78, 5) is 6.61. The summed E-state index contributed by atoms with van der Waals surface area (Å²) in [6.07, 6.45) is 1.84. The zero-order valence-corrected chi connectivity index (χ0v) is 13.4. The number of nitrogens with zero attached hydrogens (tertiary/aromatic N) is 2. The highest BCUT2D eigenvalue weighted by molar-refractivity contribution is 5.21. The van der Waals surface area contributed by atoms with Gasteiger partial charge in [-0.2, -0.15) is 0 Å². The SMILES string of the molecule is Cc1oc(CNC(C)C)cc1CN(C)Cc1ccccn1. The minimum absolute atomic E-state index is 0.464. The third-order valence-corrected chi connectivity index (χ3v) is 3.35. The highest BCUT2D eigenvalue weighted by Crippen LogP contribution is 2.17. The summed E-state index contributed by atoms with van der Waals surface area (Å²) in [5.41, 5.74) is 2.33. The Kier molecular flexibility index (Phi) is 5.53. The van der Waals surface area contributed by atoms with Crippen molar-refractivity contribution in [1.82, 2.24) is 15.2 Å². The van der Waals surface area contributed by atoms with Crippen LogP contribution in [0.1, 0.15) is 36.6 Å². The Morgan fingerprint density at radius 1 is 1.29 bits per heavy atom. The number of aryl methyl sites for hydroxylation is 1. The van der Waals surface area contributed by atoms with Crippen molar-refractivity contribution in [1.29, 1.82) is 0 Å². The maximum absolute atomic E-state index is 5.81. The predicted molar refractivity (Wildman–Crippen MR) is 84.8 cm³/mol. The van der Waals surface area contributed by atoms with E-state index < -0.39 is 0 Å². The summed E-state index contributed by atoms with van der Waals surface area (Å²) < 4.78 is 5.81. The molecular weight excluding hydrogens is 262 g/mol. The largest absolute Gasteiger partial charge is 0.465 e. The minimum atomic E-state index is 0.464. The normalized spacial score (nSPS) is 11.5. The second-order valence-corrected chi connectivity index (χ2v) is 5.82. The summed E-state index contributed by atoms with van der Waals surface area (Å²) in [5, 5.41) is 3.38. The molecule has 4 heteroatoms. The highest BCUT2D eigenvalue weighted by atomic mass is 16.3. The first-order valence-electron chi connectivity index (χ1n) is 7.44. The van der Waals surface area contributed by atoms with Gasteiger partial charge in [-0.3, -0.25) is 9.88 Å². The number of nitrogens with one attached hydrogen (secondary N) is 1. The average Bonchev–Trinajstić information content (AvgIpc) is 2.78. The predicted octanol–water partition coefficient (Wildman–Crippen LogP) is 3.11. The first kappa shape index (κ1) is 15.7. The Morgan fingerprint density at radius 2 is 2.10 bits per heavy atom. The molecule has 2 heterocycles. The van der Waals surface area contributed by atoms with Gasteiger partial charge in [0.2, 0.25) is 0 Å². The van der Waals surface area contributed by atoms with Crippen LogP contribution in [0.3, 0.4) is 0 Å². The van der Waals surface area contributed by atoms with Crippen LogP contribution < -0.4 is 5.32 Å². The second-order valence-electron chi connectivity index (χ2n) is 5.82. The summed E-state index contributed by atoms with van der Waals surface area (Å²) in [6.45, 7) is 8.79. The van der Waals surface area contributed by atoms with Gasteiger partial charge in [-0.15, -0.1) is 0 Å². The second kappa shape index (κ2) is 7.38. The van der Waals surface area contributed by atoms with Gasteiger partial charge in [-0.25, -0.2) is 0 Å². The lowest BCUT2D eigenvalue weighted by atomic mass is 10.2. The van der Waals surface area contributed by atoms with Crippen molar-refractivity contribution >= 4 is 0 Å². The van der Waals surface area contributed by atoms with Crippen LogP contribution in [0, 0.1) is 6.92 Å². The molecule has 0 aliphatic carbocycles. The fourth-order valence-corrected chi connectivity index (χ4v) is 2.25. The molecule has 0 aliphatic rings. The van der Waals surface area contributed by atoms with E-state index in [2.05, 4.69) is 48.2 Å². The molecule has 0 saturated heterocycles. The molecule has 0 amide bonds. The van der Waals surface area contributed by atoms with Crippen molar-refractivity contribution in [2.24, 2.45) is 0 Å². The number of hydrogen-bond acceptors (Lipinski definition) is 4. The minimum Gasteiger partial charge on any atom is -0.465 e. The van der Waals surface area contributed by atoms with Gasteiger partial charge < -0.3 is 9.73 Å². The van der Waals surface area contributed by atoms with E-state index in [-0.39, 0.29) is 0 Å². The molecule has 0 bridgehead atoms. The van der Waals surface area contributed by atoms with Crippen LogP contribution in [-0.4, -0.2) is 23.0 Å². The average molecular weight is 287 g/mol.